The predicted molar refractivity (Wildman–Crippen MR) is 108 cm³/mol. The van der Waals surface area contributed by atoms with E-state index in [2.05, 4.69) is 9.97 Å². The zero-order chi connectivity index (χ0) is 22.8. The Bertz CT molecular complexity index is 1080. The fourth-order valence-electron chi connectivity index (χ4n) is 2.54. The lowest BCUT2D eigenvalue weighted by atomic mass is 10.1. The molecule has 31 heavy (non-hydrogen) atoms. The number of thiophene rings is 1. The van der Waals surface area contributed by atoms with E-state index in [1.165, 1.54) is 25.2 Å². The number of hydrogen-bond acceptors (Lipinski definition) is 6. The fraction of sp³-hybridized carbons (Fsp3) is 0.286. The van der Waals surface area contributed by atoms with E-state index < -0.39 is 29.5 Å². The molecule has 0 radical (unpaired) electrons. The number of nitrogens with zero attached hydrogens (tertiary/aromatic N) is 2. The van der Waals surface area contributed by atoms with Gasteiger partial charge in [0.2, 0.25) is 0 Å². The van der Waals surface area contributed by atoms with Gasteiger partial charge in [-0.25, -0.2) is 14.8 Å². The maximum Gasteiger partial charge on any atom is 0.433 e. The van der Waals surface area contributed by atoms with Crippen LogP contribution in [0.4, 0.5) is 13.2 Å². The van der Waals surface area contributed by atoms with E-state index in [-0.39, 0.29) is 5.82 Å². The van der Waals surface area contributed by atoms with Gasteiger partial charge in [0.05, 0.1) is 4.88 Å². The minimum absolute atomic E-state index is 0.00965. The predicted octanol–water partition coefficient (Wildman–Crippen LogP) is 5.61. The van der Waals surface area contributed by atoms with Crippen LogP contribution >= 0.6 is 11.3 Å². The van der Waals surface area contributed by atoms with Gasteiger partial charge < -0.3 is 14.6 Å². The molecule has 0 bridgehead atoms. The van der Waals surface area contributed by atoms with Crippen LogP contribution in [0.5, 0.6) is 11.5 Å². The molecule has 1 N–H and O–H groups in total. The Kier molecular flexibility index (Phi) is 6.21. The van der Waals surface area contributed by atoms with Crippen molar-refractivity contribution < 1.29 is 32.5 Å². The molecule has 1 unspecified atom stereocenters. The monoisotopic (exact) mass is 452 g/mol. The highest BCUT2D eigenvalue weighted by Crippen LogP contribution is 2.34. The van der Waals surface area contributed by atoms with E-state index in [4.69, 9.17) is 9.47 Å². The largest absolute Gasteiger partial charge is 0.485 e. The molecule has 3 aromatic rings. The van der Waals surface area contributed by atoms with Crippen molar-refractivity contribution in [3.8, 4) is 22.2 Å². The standard InChI is InChI=1S/C21H19F3N2O4S/c1-12(29-13-5-4-6-14(11-13)30-20(2,3)19(27)28)15-7-8-16(31-15)18-25-10-9-17(26-18)21(22,23)24/h4-12H,1-3H3,(H,27,28). The Morgan fingerprint density at radius 3 is 2.52 bits per heavy atom. The van der Waals surface area contributed by atoms with Gasteiger partial charge in [-0.3, -0.25) is 0 Å². The highest BCUT2D eigenvalue weighted by molar-refractivity contribution is 7.15. The van der Waals surface area contributed by atoms with Gasteiger partial charge in [0.15, 0.2) is 11.4 Å². The third-order valence-electron chi connectivity index (χ3n) is 4.20. The molecule has 1 atom stereocenters. The van der Waals surface area contributed by atoms with Crippen LogP contribution in [0.1, 0.15) is 37.4 Å². The number of halogens is 3. The number of benzene rings is 1. The minimum atomic E-state index is -4.55. The van der Waals surface area contributed by atoms with E-state index in [9.17, 15) is 23.1 Å². The van der Waals surface area contributed by atoms with Crippen molar-refractivity contribution in [2.24, 2.45) is 0 Å². The summed E-state index contributed by atoms with van der Waals surface area (Å²) in [5, 5.41) is 9.20. The van der Waals surface area contributed by atoms with Crippen molar-refractivity contribution >= 4 is 17.3 Å². The van der Waals surface area contributed by atoms with Crippen LogP contribution in [0, 0.1) is 0 Å². The number of rotatable bonds is 7. The van der Waals surface area contributed by atoms with Gasteiger partial charge in [-0.15, -0.1) is 11.3 Å². The highest BCUT2D eigenvalue weighted by Gasteiger charge is 2.33. The topological polar surface area (TPSA) is 81.5 Å². The van der Waals surface area contributed by atoms with E-state index >= 15 is 0 Å². The summed E-state index contributed by atoms with van der Waals surface area (Å²) in [6.07, 6.45) is -3.89. The maximum absolute atomic E-state index is 12.9. The Labute approximate surface area is 180 Å². The third kappa shape index (κ3) is 5.52. The van der Waals surface area contributed by atoms with Gasteiger partial charge in [-0.1, -0.05) is 6.07 Å². The molecule has 0 aliphatic heterocycles. The van der Waals surface area contributed by atoms with Crippen molar-refractivity contribution in [2.75, 3.05) is 0 Å². The first-order valence-electron chi connectivity index (χ1n) is 9.15. The summed E-state index contributed by atoms with van der Waals surface area (Å²) in [6.45, 7) is 4.67. The number of carboxylic acid groups (broad SMARTS) is 1. The van der Waals surface area contributed by atoms with Crippen LogP contribution in [-0.4, -0.2) is 26.6 Å². The molecule has 0 spiro atoms. The molecule has 164 valence electrons. The quantitative estimate of drug-likeness (QED) is 0.502. The molecule has 0 aliphatic carbocycles. The van der Waals surface area contributed by atoms with E-state index in [0.717, 1.165) is 17.1 Å². The zero-order valence-electron chi connectivity index (χ0n) is 16.8. The van der Waals surface area contributed by atoms with E-state index in [1.54, 1.807) is 43.3 Å². The first-order valence-corrected chi connectivity index (χ1v) is 9.97. The lowest BCUT2D eigenvalue weighted by Crippen LogP contribution is -2.37. The van der Waals surface area contributed by atoms with Gasteiger partial charge in [-0.2, -0.15) is 13.2 Å². The molecule has 2 heterocycles. The Morgan fingerprint density at radius 1 is 1.13 bits per heavy atom. The highest BCUT2D eigenvalue weighted by atomic mass is 32.1. The Balaban J connectivity index is 1.74. The molecular formula is C21H19F3N2O4S. The third-order valence-corrected chi connectivity index (χ3v) is 5.44. The molecule has 6 nitrogen and oxygen atoms in total. The second kappa shape index (κ2) is 8.54. The number of carbonyl (C=O) groups is 1. The first-order chi connectivity index (χ1) is 14.5. The van der Waals surface area contributed by atoms with E-state index in [0.29, 0.717) is 16.4 Å². The Morgan fingerprint density at radius 2 is 1.84 bits per heavy atom. The van der Waals surface area contributed by atoms with Crippen LogP contribution < -0.4 is 9.47 Å². The average molecular weight is 452 g/mol. The number of carboxylic acids is 1. The number of aromatic nitrogens is 2. The summed E-state index contributed by atoms with van der Waals surface area (Å²) in [5.74, 6) is -0.322. The molecule has 0 amide bonds. The lowest BCUT2D eigenvalue weighted by molar-refractivity contribution is -0.152. The fourth-order valence-corrected chi connectivity index (χ4v) is 3.47. The first kappa shape index (κ1) is 22.5. The number of ether oxygens (including phenoxy) is 2. The van der Waals surface area contributed by atoms with Gasteiger partial charge in [-0.05, 0) is 51.1 Å². The van der Waals surface area contributed by atoms with Crippen LogP contribution in [0.25, 0.3) is 10.7 Å². The van der Waals surface area contributed by atoms with Gasteiger partial charge >= 0.3 is 12.1 Å². The molecule has 0 saturated heterocycles. The minimum Gasteiger partial charge on any atom is -0.485 e. The molecule has 2 aromatic heterocycles. The number of aliphatic carboxylic acids is 1. The van der Waals surface area contributed by atoms with Crippen molar-refractivity contribution in [3.63, 3.8) is 0 Å². The van der Waals surface area contributed by atoms with Gasteiger partial charge in [0.25, 0.3) is 0 Å². The normalized spacial score (nSPS) is 13.0. The van der Waals surface area contributed by atoms with Crippen LogP contribution in [0.15, 0.2) is 48.7 Å². The van der Waals surface area contributed by atoms with Crippen molar-refractivity contribution in [1.29, 1.82) is 0 Å². The van der Waals surface area contributed by atoms with Crippen LogP contribution in [0.2, 0.25) is 0 Å². The average Bonchev–Trinajstić information content (AvgIpc) is 3.18. The summed E-state index contributed by atoms with van der Waals surface area (Å²) in [7, 11) is 0. The molecule has 3 rings (SSSR count). The number of alkyl halides is 3. The molecule has 1 aromatic carbocycles. The summed E-state index contributed by atoms with van der Waals surface area (Å²) < 4.78 is 50.1. The summed E-state index contributed by atoms with van der Waals surface area (Å²) in [5.41, 5.74) is -2.41. The molecule has 0 saturated carbocycles. The number of hydrogen-bond donors (Lipinski definition) is 1. The van der Waals surface area contributed by atoms with Crippen molar-refractivity contribution in [3.05, 3.63) is 59.2 Å². The SMILES string of the molecule is CC(Oc1cccc(OC(C)(C)C(=O)O)c1)c1ccc(-c2nccc(C(F)(F)F)n2)s1. The Hall–Kier alpha value is -3.14. The second-order valence-corrected chi connectivity index (χ2v) is 8.23. The van der Waals surface area contributed by atoms with Crippen LogP contribution in [-0.2, 0) is 11.0 Å². The molecule has 0 fully saturated rings. The van der Waals surface area contributed by atoms with E-state index in [1.807, 2.05) is 0 Å². The van der Waals surface area contributed by atoms with Crippen molar-refractivity contribution in [1.82, 2.24) is 9.97 Å². The molecule has 10 heteroatoms. The lowest BCUT2D eigenvalue weighted by Gasteiger charge is -2.22. The van der Waals surface area contributed by atoms with Gasteiger partial charge in [0.1, 0.15) is 23.3 Å². The second-order valence-electron chi connectivity index (χ2n) is 7.12. The molecule has 0 aliphatic rings. The summed E-state index contributed by atoms with van der Waals surface area (Å²) in [6, 6.07) is 10.8. The smallest absolute Gasteiger partial charge is 0.433 e. The molecular weight excluding hydrogens is 433 g/mol. The maximum atomic E-state index is 12.9. The van der Waals surface area contributed by atoms with Crippen molar-refractivity contribution in [2.45, 2.75) is 38.7 Å². The summed E-state index contributed by atoms with van der Waals surface area (Å²) in [4.78, 5) is 20.0. The van der Waals surface area contributed by atoms with Crippen LogP contribution in [0.3, 0.4) is 0 Å². The van der Waals surface area contributed by atoms with Gasteiger partial charge in [0, 0.05) is 17.1 Å². The zero-order valence-corrected chi connectivity index (χ0v) is 17.6. The summed E-state index contributed by atoms with van der Waals surface area (Å²) >= 11 is 1.22.